The number of nitrogens with one attached hydrogen (secondary N) is 2. The zero-order valence-corrected chi connectivity index (χ0v) is 18.8. The predicted octanol–water partition coefficient (Wildman–Crippen LogP) is 6.75. The van der Waals surface area contributed by atoms with Gasteiger partial charge in [-0.15, -0.1) is 11.3 Å². The number of hydrogen-bond donors (Lipinski definition) is 2. The summed E-state index contributed by atoms with van der Waals surface area (Å²) < 4.78 is 1.85. The SMILES string of the molecule is O=C(Cc1cccc(Cl)c1)Nc1ccc(NC(=O)c2sc3ccccc3c2Br)cc1. The van der Waals surface area contributed by atoms with Crippen LogP contribution < -0.4 is 10.6 Å². The molecule has 1 aromatic heterocycles. The monoisotopic (exact) mass is 498 g/mol. The van der Waals surface area contributed by atoms with Gasteiger partial charge in [0.05, 0.1) is 6.42 Å². The fourth-order valence-corrected chi connectivity index (χ4v) is 5.12. The molecule has 0 fully saturated rings. The molecular weight excluding hydrogens is 484 g/mol. The second-order valence-corrected chi connectivity index (χ2v) is 8.91. The Bertz CT molecular complexity index is 1240. The van der Waals surface area contributed by atoms with E-state index in [0.29, 0.717) is 21.3 Å². The van der Waals surface area contributed by atoms with Crippen LogP contribution in [0.15, 0.2) is 77.3 Å². The number of fused-ring (bicyclic) bond motifs is 1. The number of carbonyl (C=O) groups is 2. The van der Waals surface area contributed by atoms with Crippen molar-refractivity contribution in [2.75, 3.05) is 10.6 Å². The van der Waals surface area contributed by atoms with Crippen LogP contribution in [-0.2, 0) is 11.2 Å². The molecular formula is C23H16BrClN2O2S. The zero-order valence-electron chi connectivity index (χ0n) is 15.6. The normalized spacial score (nSPS) is 10.7. The fraction of sp³-hybridized carbons (Fsp3) is 0.0435. The highest BCUT2D eigenvalue weighted by Gasteiger charge is 2.16. The molecule has 0 unspecified atom stereocenters. The maximum Gasteiger partial charge on any atom is 0.266 e. The van der Waals surface area contributed by atoms with Gasteiger partial charge >= 0.3 is 0 Å². The summed E-state index contributed by atoms with van der Waals surface area (Å²) in [7, 11) is 0. The number of thiophene rings is 1. The van der Waals surface area contributed by atoms with Crippen molar-refractivity contribution in [2.24, 2.45) is 0 Å². The number of amides is 2. The van der Waals surface area contributed by atoms with E-state index >= 15 is 0 Å². The van der Waals surface area contributed by atoms with Crippen LogP contribution in [0.2, 0.25) is 5.02 Å². The van der Waals surface area contributed by atoms with Crippen molar-refractivity contribution in [1.29, 1.82) is 0 Å². The van der Waals surface area contributed by atoms with E-state index in [4.69, 9.17) is 11.6 Å². The minimum Gasteiger partial charge on any atom is -0.326 e. The van der Waals surface area contributed by atoms with Gasteiger partial charge in [0.25, 0.3) is 5.91 Å². The second kappa shape index (κ2) is 9.00. The largest absolute Gasteiger partial charge is 0.326 e. The molecule has 0 bridgehead atoms. The number of benzene rings is 3. The fourth-order valence-electron chi connectivity index (χ4n) is 3.02. The van der Waals surface area contributed by atoms with Gasteiger partial charge in [-0.1, -0.05) is 41.9 Å². The molecule has 1 heterocycles. The van der Waals surface area contributed by atoms with Gasteiger partial charge in [-0.2, -0.15) is 0 Å². The molecule has 4 rings (SSSR count). The summed E-state index contributed by atoms with van der Waals surface area (Å²) in [5.74, 6) is -0.316. The van der Waals surface area contributed by atoms with Crippen LogP contribution in [0.5, 0.6) is 0 Å². The molecule has 0 aliphatic rings. The van der Waals surface area contributed by atoms with Crippen molar-refractivity contribution in [1.82, 2.24) is 0 Å². The quantitative estimate of drug-likeness (QED) is 0.319. The van der Waals surface area contributed by atoms with Crippen molar-refractivity contribution in [2.45, 2.75) is 6.42 Å². The van der Waals surface area contributed by atoms with Crippen LogP contribution in [0.1, 0.15) is 15.2 Å². The van der Waals surface area contributed by atoms with E-state index < -0.39 is 0 Å². The molecule has 30 heavy (non-hydrogen) atoms. The summed E-state index contributed by atoms with van der Waals surface area (Å²) in [6.07, 6.45) is 0.235. The van der Waals surface area contributed by atoms with Crippen LogP contribution in [0.3, 0.4) is 0 Å². The summed E-state index contributed by atoms with van der Waals surface area (Å²) in [6.45, 7) is 0. The summed E-state index contributed by atoms with van der Waals surface area (Å²) in [5.41, 5.74) is 2.15. The number of hydrogen-bond acceptors (Lipinski definition) is 3. The standard InChI is InChI=1S/C23H16BrClN2O2S/c24-21-18-6-1-2-7-19(18)30-22(21)23(29)27-17-10-8-16(9-11-17)26-20(28)13-14-4-3-5-15(25)12-14/h1-12H,13H2,(H,26,28)(H,27,29). The van der Waals surface area contributed by atoms with Gasteiger partial charge in [0.1, 0.15) is 4.88 Å². The smallest absolute Gasteiger partial charge is 0.266 e. The summed E-state index contributed by atoms with van der Waals surface area (Å²) >= 11 is 10.9. The third kappa shape index (κ3) is 4.73. The van der Waals surface area contributed by atoms with Gasteiger partial charge in [-0.25, -0.2) is 0 Å². The third-order valence-electron chi connectivity index (χ3n) is 4.42. The van der Waals surface area contributed by atoms with Crippen LogP contribution >= 0.6 is 38.9 Å². The highest BCUT2D eigenvalue weighted by atomic mass is 79.9. The Morgan fingerprint density at radius 3 is 2.30 bits per heavy atom. The Hall–Kier alpha value is -2.67. The van der Waals surface area contributed by atoms with Gasteiger partial charge < -0.3 is 10.6 Å². The van der Waals surface area contributed by atoms with Gasteiger partial charge in [0, 0.05) is 31.0 Å². The molecule has 2 amide bonds. The number of anilines is 2. The lowest BCUT2D eigenvalue weighted by molar-refractivity contribution is -0.115. The highest BCUT2D eigenvalue weighted by Crippen LogP contribution is 2.35. The van der Waals surface area contributed by atoms with Crippen molar-refractivity contribution in [3.63, 3.8) is 0 Å². The number of halogens is 2. The third-order valence-corrected chi connectivity index (χ3v) is 6.91. The average Bonchev–Trinajstić information content (AvgIpc) is 3.06. The zero-order chi connectivity index (χ0) is 21.1. The lowest BCUT2D eigenvalue weighted by Crippen LogP contribution is -2.14. The molecule has 0 atom stereocenters. The Balaban J connectivity index is 1.40. The van der Waals surface area contributed by atoms with Crippen LogP contribution in [-0.4, -0.2) is 11.8 Å². The van der Waals surface area contributed by atoms with Gasteiger partial charge in [0.2, 0.25) is 5.91 Å². The number of carbonyl (C=O) groups excluding carboxylic acids is 2. The summed E-state index contributed by atoms with van der Waals surface area (Å²) in [5, 5.41) is 7.37. The molecule has 2 N–H and O–H groups in total. The van der Waals surface area contributed by atoms with Crippen molar-refractivity contribution >= 4 is 72.1 Å². The first-order chi connectivity index (χ1) is 14.5. The van der Waals surface area contributed by atoms with Crippen LogP contribution in [0, 0.1) is 0 Å². The minimum atomic E-state index is -0.180. The lowest BCUT2D eigenvalue weighted by atomic mass is 10.1. The highest BCUT2D eigenvalue weighted by molar-refractivity contribution is 9.10. The molecule has 3 aromatic carbocycles. The summed E-state index contributed by atoms with van der Waals surface area (Å²) in [4.78, 5) is 25.5. The number of rotatable bonds is 5. The molecule has 0 saturated heterocycles. The minimum absolute atomic E-state index is 0.136. The first kappa shape index (κ1) is 20.6. The Kier molecular flexibility index (Phi) is 6.18. The van der Waals surface area contributed by atoms with E-state index in [2.05, 4.69) is 26.6 Å². The first-order valence-electron chi connectivity index (χ1n) is 9.12. The van der Waals surface area contributed by atoms with Crippen LogP contribution in [0.4, 0.5) is 11.4 Å². The van der Waals surface area contributed by atoms with E-state index in [0.717, 1.165) is 20.1 Å². The molecule has 0 spiro atoms. The summed E-state index contributed by atoms with van der Waals surface area (Å²) in [6, 6.07) is 22.1. The average molecular weight is 500 g/mol. The van der Waals surface area contributed by atoms with Gasteiger partial charge in [-0.3, -0.25) is 9.59 Å². The molecule has 150 valence electrons. The first-order valence-corrected chi connectivity index (χ1v) is 11.1. The Morgan fingerprint density at radius 1 is 0.900 bits per heavy atom. The van der Waals surface area contributed by atoms with E-state index in [1.807, 2.05) is 36.4 Å². The van der Waals surface area contributed by atoms with E-state index in [-0.39, 0.29) is 18.2 Å². The molecule has 0 radical (unpaired) electrons. The van der Waals surface area contributed by atoms with E-state index in [9.17, 15) is 9.59 Å². The molecule has 4 aromatic rings. The maximum absolute atomic E-state index is 12.7. The van der Waals surface area contributed by atoms with E-state index in [1.54, 1.807) is 36.4 Å². The molecule has 0 saturated carbocycles. The van der Waals surface area contributed by atoms with Gasteiger partial charge in [0.15, 0.2) is 0 Å². The molecule has 0 aliphatic heterocycles. The Morgan fingerprint density at radius 2 is 1.60 bits per heavy atom. The molecule has 4 nitrogen and oxygen atoms in total. The van der Waals surface area contributed by atoms with E-state index in [1.165, 1.54) is 11.3 Å². The maximum atomic E-state index is 12.7. The lowest BCUT2D eigenvalue weighted by Gasteiger charge is -2.08. The van der Waals surface area contributed by atoms with Crippen molar-refractivity contribution < 1.29 is 9.59 Å². The van der Waals surface area contributed by atoms with Crippen molar-refractivity contribution in [3.05, 3.63) is 92.7 Å². The Labute approximate surface area is 191 Å². The van der Waals surface area contributed by atoms with Crippen LogP contribution in [0.25, 0.3) is 10.1 Å². The molecule has 0 aliphatic carbocycles. The molecule has 7 heteroatoms. The van der Waals surface area contributed by atoms with Gasteiger partial charge in [-0.05, 0) is 64.0 Å². The topological polar surface area (TPSA) is 58.2 Å². The predicted molar refractivity (Wildman–Crippen MR) is 128 cm³/mol. The van der Waals surface area contributed by atoms with Crippen molar-refractivity contribution in [3.8, 4) is 0 Å². The second-order valence-electron chi connectivity index (χ2n) is 6.63.